The number of hydrogen-bond donors (Lipinski definition) is 2. The van der Waals surface area contributed by atoms with Crippen molar-refractivity contribution in [2.75, 3.05) is 12.4 Å². The van der Waals surface area contributed by atoms with E-state index in [4.69, 9.17) is 10.5 Å². The number of anilines is 2. The number of aromatic nitrogens is 3. The Morgan fingerprint density at radius 3 is 2.71 bits per heavy atom. The normalized spacial score (nSPS) is 10.2. The number of hydrogen-bond acceptors (Lipinski definition) is 6. The number of nitrogens with one attached hydrogen (secondary N) is 1. The molecule has 120 valence electrons. The molecule has 0 radical (unpaired) electrons. The Kier molecular flexibility index (Phi) is 4.33. The Morgan fingerprint density at radius 2 is 2.00 bits per heavy atom. The van der Waals surface area contributed by atoms with Gasteiger partial charge in [0.25, 0.3) is 0 Å². The van der Waals surface area contributed by atoms with E-state index in [9.17, 15) is 4.79 Å². The van der Waals surface area contributed by atoms with Crippen molar-refractivity contribution in [2.45, 2.75) is 0 Å². The molecule has 0 atom stereocenters. The smallest absolute Gasteiger partial charge is 0.248 e. The molecular formula is C17H15N5O2. The lowest BCUT2D eigenvalue weighted by Crippen LogP contribution is -2.10. The zero-order valence-electron chi connectivity index (χ0n) is 12.9. The van der Waals surface area contributed by atoms with Crippen molar-refractivity contribution in [1.82, 2.24) is 15.0 Å². The molecule has 7 heteroatoms. The molecule has 0 saturated heterocycles. The Hall–Kier alpha value is -3.48. The number of carbonyl (C=O) groups is 1. The zero-order chi connectivity index (χ0) is 16.9. The maximum Gasteiger partial charge on any atom is 0.248 e. The Labute approximate surface area is 138 Å². The lowest BCUT2D eigenvalue weighted by Gasteiger charge is -2.08. The van der Waals surface area contributed by atoms with E-state index in [1.807, 2.05) is 12.1 Å². The first-order valence-electron chi connectivity index (χ1n) is 7.15. The number of carbonyl (C=O) groups excluding carboxylic acids is 1. The highest BCUT2D eigenvalue weighted by Gasteiger charge is 2.05. The van der Waals surface area contributed by atoms with Crippen LogP contribution >= 0.6 is 0 Å². The van der Waals surface area contributed by atoms with E-state index in [0.29, 0.717) is 28.6 Å². The molecule has 3 aromatic rings. The second kappa shape index (κ2) is 6.74. The number of nitrogens with zero attached hydrogens (tertiary/aromatic N) is 3. The maximum absolute atomic E-state index is 11.2. The first kappa shape index (κ1) is 15.4. The molecule has 0 aliphatic carbocycles. The van der Waals surface area contributed by atoms with Gasteiger partial charge in [-0.3, -0.25) is 4.79 Å². The highest BCUT2D eigenvalue weighted by molar-refractivity contribution is 5.93. The van der Waals surface area contributed by atoms with Crippen LogP contribution in [0, 0.1) is 0 Å². The summed E-state index contributed by atoms with van der Waals surface area (Å²) < 4.78 is 5.04. The van der Waals surface area contributed by atoms with E-state index in [1.165, 1.54) is 6.33 Å². The molecule has 0 unspecified atom stereocenters. The molecule has 3 N–H and O–H groups in total. The van der Waals surface area contributed by atoms with Gasteiger partial charge in [0, 0.05) is 35.1 Å². The van der Waals surface area contributed by atoms with Gasteiger partial charge in [0.05, 0.1) is 12.8 Å². The van der Waals surface area contributed by atoms with Crippen LogP contribution in [-0.4, -0.2) is 28.0 Å². The minimum absolute atomic E-state index is 0.425. The number of pyridine rings is 1. The predicted octanol–water partition coefficient (Wildman–Crippen LogP) is 2.39. The van der Waals surface area contributed by atoms with E-state index in [-0.39, 0.29) is 0 Å². The number of rotatable bonds is 5. The minimum atomic E-state index is -0.480. The van der Waals surface area contributed by atoms with Gasteiger partial charge in [-0.25, -0.2) is 15.0 Å². The number of primary amides is 1. The fourth-order valence-electron chi connectivity index (χ4n) is 2.13. The fraction of sp³-hybridized carbons (Fsp3) is 0.0588. The average molecular weight is 321 g/mol. The van der Waals surface area contributed by atoms with Crippen LogP contribution < -0.4 is 15.8 Å². The van der Waals surface area contributed by atoms with Crippen molar-refractivity contribution in [3.63, 3.8) is 0 Å². The van der Waals surface area contributed by atoms with Crippen molar-refractivity contribution in [3.8, 4) is 17.1 Å². The van der Waals surface area contributed by atoms with Crippen molar-refractivity contribution in [2.24, 2.45) is 5.73 Å². The summed E-state index contributed by atoms with van der Waals surface area (Å²) in [5.41, 5.74) is 7.98. The third kappa shape index (κ3) is 3.46. The maximum atomic E-state index is 11.2. The first-order chi connectivity index (χ1) is 11.7. The molecule has 2 aromatic heterocycles. The number of nitrogens with two attached hydrogens (primary N) is 1. The van der Waals surface area contributed by atoms with Crippen LogP contribution in [-0.2, 0) is 0 Å². The second-order valence-corrected chi connectivity index (χ2v) is 4.95. The predicted molar refractivity (Wildman–Crippen MR) is 90.1 cm³/mol. The Balaban J connectivity index is 1.85. The van der Waals surface area contributed by atoms with Gasteiger partial charge in [-0.05, 0) is 24.3 Å². The number of amides is 1. The molecule has 0 bridgehead atoms. The standard InChI is InChI=1S/C17H15N5O2/c1-24-16-6-5-12(9-19-16)14-8-15(21-10-20-14)22-13-4-2-3-11(7-13)17(18)23/h2-10H,1H3,(H2,18,23)(H,20,21,22). The number of ether oxygens (including phenoxy) is 1. The van der Waals surface area contributed by atoms with Gasteiger partial charge in [0.2, 0.25) is 11.8 Å². The van der Waals surface area contributed by atoms with E-state index >= 15 is 0 Å². The first-order valence-corrected chi connectivity index (χ1v) is 7.15. The highest BCUT2D eigenvalue weighted by Crippen LogP contribution is 2.22. The van der Waals surface area contributed by atoms with Crippen molar-refractivity contribution >= 4 is 17.4 Å². The summed E-state index contributed by atoms with van der Waals surface area (Å²) >= 11 is 0. The fourth-order valence-corrected chi connectivity index (χ4v) is 2.13. The summed E-state index contributed by atoms with van der Waals surface area (Å²) in [6, 6.07) is 12.3. The van der Waals surface area contributed by atoms with Gasteiger partial charge in [-0.2, -0.15) is 0 Å². The van der Waals surface area contributed by atoms with Crippen LogP contribution in [0.5, 0.6) is 5.88 Å². The Bertz CT molecular complexity index is 865. The minimum Gasteiger partial charge on any atom is -0.481 e. The average Bonchev–Trinajstić information content (AvgIpc) is 2.62. The Morgan fingerprint density at radius 1 is 1.12 bits per heavy atom. The van der Waals surface area contributed by atoms with Gasteiger partial charge in [0.15, 0.2) is 0 Å². The molecule has 0 saturated carbocycles. The summed E-state index contributed by atoms with van der Waals surface area (Å²) in [5, 5.41) is 3.13. The third-order valence-corrected chi connectivity index (χ3v) is 3.33. The summed E-state index contributed by atoms with van der Waals surface area (Å²) in [4.78, 5) is 23.8. The topological polar surface area (TPSA) is 103 Å². The van der Waals surface area contributed by atoms with Crippen LogP contribution in [0.4, 0.5) is 11.5 Å². The van der Waals surface area contributed by atoms with Crippen LogP contribution in [0.15, 0.2) is 55.0 Å². The zero-order valence-corrected chi connectivity index (χ0v) is 12.9. The number of methoxy groups -OCH3 is 1. The van der Waals surface area contributed by atoms with Crippen LogP contribution in [0.3, 0.4) is 0 Å². The highest BCUT2D eigenvalue weighted by atomic mass is 16.5. The van der Waals surface area contributed by atoms with Gasteiger partial charge in [-0.1, -0.05) is 6.07 Å². The van der Waals surface area contributed by atoms with Gasteiger partial charge in [0.1, 0.15) is 12.1 Å². The lowest BCUT2D eigenvalue weighted by molar-refractivity contribution is 0.100. The molecule has 2 heterocycles. The van der Waals surface area contributed by atoms with Crippen molar-refractivity contribution < 1.29 is 9.53 Å². The largest absolute Gasteiger partial charge is 0.481 e. The van der Waals surface area contributed by atoms with Gasteiger partial charge in [-0.15, -0.1) is 0 Å². The van der Waals surface area contributed by atoms with Crippen LogP contribution in [0.25, 0.3) is 11.3 Å². The molecule has 24 heavy (non-hydrogen) atoms. The van der Waals surface area contributed by atoms with Gasteiger partial charge >= 0.3 is 0 Å². The SMILES string of the molecule is COc1ccc(-c2cc(Nc3cccc(C(N)=O)c3)ncn2)cn1. The van der Waals surface area contributed by atoms with E-state index < -0.39 is 5.91 Å². The summed E-state index contributed by atoms with van der Waals surface area (Å²) in [7, 11) is 1.56. The monoisotopic (exact) mass is 321 g/mol. The van der Waals surface area contributed by atoms with E-state index in [2.05, 4.69) is 20.3 Å². The summed E-state index contributed by atoms with van der Waals surface area (Å²) in [6.07, 6.45) is 3.14. The van der Waals surface area contributed by atoms with Crippen molar-refractivity contribution in [3.05, 3.63) is 60.6 Å². The molecule has 1 aromatic carbocycles. The third-order valence-electron chi connectivity index (χ3n) is 3.33. The molecule has 0 aliphatic heterocycles. The molecular weight excluding hydrogens is 306 g/mol. The quantitative estimate of drug-likeness (QED) is 0.748. The van der Waals surface area contributed by atoms with E-state index in [1.54, 1.807) is 43.6 Å². The van der Waals surface area contributed by atoms with Gasteiger partial charge < -0.3 is 15.8 Å². The van der Waals surface area contributed by atoms with E-state index in [0.717, 1.165) is 5.56 Å². The van der Waals surface area contributed by atoms with Crippen LogP contribution in [0.2, 0.25) is 0 Å². The molecule has 7 nitrogen and oxygen atoms in total. The van der Waals surface area contributed by atoms with Crippen molar-refractivity contribution in [1.29, 1.82) is 0 Å². The second-order valence-electron chi connectivity index (χ2n) is 4.95. The lowest BCUT2D eigenvalue weighted by atomic mass is 10.2. The number of benzene rings is 1. The molecule has 0 aliphatic rings. The molecule has 1 amide bonds. The summed E-state index contributed by atoms with van der Waals surface area (Å²) in [6.45, 7) is 0. The summed E-state index contributed by atoms with van der Waals surface area (Å²) in [5.74, 6) is 0.651. The molecule has 0 fully saturated rings. The van der Waals surface area contributed by atoms with Crippen LogP contribution in [0.1, 0.15) is 10.4 Å². The molecule has 3 rings (SSSR count). The molecule has 0 spiro atoms.